The summed E-state index contributed by atoms with van der Waals surface area (Å²) in [6, 6.07) is 1.85. The molecule has 7 rings (SSSR count). The molecule has 0 saturated carbocycles. The highest BCUT2D eigenvalue weighted by Gasteiger charge is 2.30. The van der Waals surface area contributed by atoms with Crippen molar-refractivity contribution in [3.05, 3.63) is 61.6 Å². The van der Waals surface area contributed by atoms with Gasteiger partial charge in [0.05, 0.1) is 36.4 Å². The van der Waals surface area contributed by atoms with E-state index in [1.165, 1.54) is 10.9 Å². The third-order valence-corrected chi connectivity index (χ3v) is 9.77. The van der Waals surface area contributed by atoms with Gasteiger partial charge in [-0.2, -0.15) is 14.9 Å². The van der Waals surface area contributed by atoms with Gasteiger partial charge < -0.3 is 34.6 Å². The predicted molar refractivity (Wildman–Crippen MR) is 183 cm³/mol. The Balaban J connectivity index is 0.000000182. The van der Waals surface area contributed by atoms with Crippen LogP contribution in [-0.4, -0.2) is 105 Å². The van der Waals surface area contributed by atoms with Gasteiger partial charge in [-0.1, -0.05) is 23.2 Å². The maximum absolute atomic E-state index is 12.3. The Labute approximate surface area is 292 Å². The monoisotopic (exact) mass is 718 g/mol. The molecule has 16 nitrogen and oxygen atoms in total. The molecule has 3 N–H and O–H groups in total. The molecule has 7 heterocycles. The molecule has 4 aliphatic heterocycles. The van der Waals surface area contributed by atoms with Crippen LogP contribution in [0.4, 0.5) is 22.1 Å². The smallest absolute Gasteiger partial charge is 0.407 e. The Bertz CT molecular complexity index is 1680. The quantitative estimate of drug-likeness (QED) is 0.338. The molecule has 3 aromatic rings. The van der Waals surface area contributed by atoms with Crippen LogP contribution in [0.3, 0.4) is 0 Å². The van der Waals surface area contributed by atoms with E-state index in [9.17, 15) is 19.5 Å². The van der Waals surface area contributed by atoms with E-state index in [-0.39, 0.29) is 40.1 Å². The fourth-order valence-corrected chi connectivity index (χ4v) is 6.87. The minimum atomic E-state index is -0.432. The number of aliphatic hydroxyl groups is 1. The zero-order valence-electron chi connectivity index (χ0n) is 26.9. The fourth-order valence-electron chi connectivity index (χ4n) is 6.41. The van der Waals surface area contributed by atoms with Crippen LogP contribution in [0.25, 0.3) is 0 Å². The number of hydrogen-bond acceptors (Lipinski definition) is 13. The number of carbonyl (C=O) groups is 1. The number of aromatic amines is 1. The van der Waals surface area contributed by atoms with Crippen LogP contribution in [0.1, 0.15) is 51.2 Å². The van der Waals surface area contributed by atoms with Gasteiger partial charge >= 0.3 is 6.09 Å². The fraction of sp³-hybridized carbons (Fsp3) is 0.581. The number of amides is 1. The number of carbonyl (C=O) groups excluding carboxylic acids is 1. The second-order valence-electron chi connectivity index (χ2n) is 12.4. The Morgan fingerprint density at radius 1 is 0.918 bits per heavy atom. The SMILES string of the molecule is O=C(NC1CCN(c2ncccn2)CC1)O[C@@H]1CCN(c2cn[nH]c(=O)c2Cl)C1.O=c1c(Cl)c(N2CC[C@@H](O)C2)cnn1C1CCCCO1. The van der Waals surface area contributed by atoms with Crippen molar-refractivity contribution in [2.45, 2.75) is 69.4 Å². The standard InChI is InChI=1S/C18H22ClN7O3.C13H18ClN3O3/c19-15-14(10-22-24-16(15)27)26-9-4-13(11-26)29-18(28)23-12-2-7-25(8-3-12)17-20-5-1-6-21-17;14-12-10(16-5-4-9(18)8-16)7-15-17(13(12)19)11-3-1-2-6-20-11/h1,5-6,10,12-13H,2-4,7-9,11H2,(H,23,28)(H,24,27);7,9,11,18H,1-6,8H2/t13-;9-,11?/m11/s1. The number of nitrogens with zero attached hydrogens (tertiary/aromatic N) is 8. The summed E-state index contributed by atoms with van der Waals surface area (Å²) in [6.07, 6.45) is 11.0. The first-order chi connectivity index (χ1) is 23.8. The number of hydrogen-bond donors (Lipinski definition) is 3. The van der Waals surface area contributed by atoms with E-state index in [2.05, 4.69) is 35.5 Å². The lowest BCUT2D eigenvalue weighted by molar-refractivity contribution is -0.0424. The van der Waals surface area contributed by atoms with Gasteiger partial charge in [-0.25, -0.2) is 19.9 Å². The number of β-amino-alcohol motifs (C(OH)–C–C–N with tert-alkyl or cyclic N) is 1. The molecule has 0 radical (unpaired) electrons. The highest BCUT2D eigenvalue weighted by molar-refractivity contribution is 6.33. The largest absolute Gasteiger partial charge is 0.444 e. The first-order valence-corrected chi connectivity index (χ1v) is 17.3. The summed E-state index contributed by atoms with van der Waals surface area (Å²) in [5.41, 5.74) is 0.397. The minimum absolute atomic E-state index is 0.0614. The van der Waals surface area contributed by atoms with Gasteiger partial charge in [-0.3, -0.25) is 9.59 Å². The van der Waals surface area contributed by atoms with E-state index in [0.717, 1.165) is 45.2 Å². The minimum Gasteiger partial charge on any atom is -0.444 e. The summed E-state index contributed by atoms with van der Waals surface area (Å²) >= 11 is 12.2. The van der Waals surface area contributed by atoms with E-state index in [0.29, 0.717) is 63.0 Å². The number of H-pyrrole nitrogens is 1. The van der Waals surface area contributed by atoms with E-state index >= 15 is 0 Å². The lowest BCUT2D eigenvalue weighted by atomic mass is 10.1. The van der Waals surface area contributed by atoms with Crippen molar-refractivity contribution in [1.82, 2.24) is 35.3 Å². The number of nitrogens with one attached hydrogen (secondary N) is 2. The lowest BCUT2D eigenvalue weighted by Crippen LogP contribution is -2.46. The maximum atomic E-state index is 12.3. The second kappa shape index (κ2) is 16.1. The van der Waals surface area contributed by atoms with E-state index in [1.54, 1.807) is 24.7 Å². The Morgan fingerprint density at radius 3 is 2.35 bits per heavy atom. The molecule has 4 saturated heterocycles. The molecule has 18 heteroatoms. The molecule has 3 aromatic heterocycles. The highest BCUT2D eigenvalue weighted by atomic mass is 35.5. The molecular formula is C31H40Cl2N10O6. The zero-order valence-corrected chi connectivity index (χ0v) is 28.4. The summed E-state index contributed by atoms with van der Waals surface area (Å²) in [5.74, 6) is 0.715. The van der Waals surface area contributed by atoms with Crippen molar-refractivity contribution in [1.29, 1.82) is 0 Å². The van der Waals surface area contributed by atoms with Crippen LogP contribution >= 0.6 is 23.2 Å². The van der Waals surface area contributed by atoms with Crippen LogP contribution in [-0.2, 0) is 9.47 Å². The van der Waals surface area contributed by atoms with Crippen molar-refractivity contribution >= 4 is 46.6 Å². The van der Waals surface area contributed by atoms with Gasteiger partial charge in [0.2, 0.25) is 5.95 Å². The summed E-state index contributed by atoms with van der Waals surface area (Å²) < 4.78 is 12.5. The highest BCUT2D eigenvalue weighted by Crippen LogP contribution is 2.28. The van der Waals surface area contributed by atoms with Crippen LogP contribution < -0.4 is 31.1 Å². The zero-order chi connectivity index (χ0) is 34.3. The number of halogens is 2. The van der Waals surface area contributed by atoms with Crippen molar-refractivity contribution in [2.75, 3.05) is 60.6 Å². The predicted octanol–water partition coefficient (Wildman–Crippen LogP) is 2.35. The molecule has 3 atom stereocenters. The number of rotatable bonds is 6. The van der Waals surface area contributed by atoms with Crippen LogP contribution in [0.15, 0.2) is 40.4 Å². The van der Waals surface area contributed by atoms with Gasteiger partial charge in [-0.05, 0) is 44.6 Å². The summed E-state index contributed by atoms with van der Waals surface area (Å²) in [5, 5.41) is 23.1. The van der Waals surface area contributed by atoms with Gasteiger partial charge in [-0.15, -0.1) is 0 Å². The van der Waals surface area contributed by atoms with E-state index < -0.39 is 11.7 Å². The maximum Gasteiger partial charge on any atom is 0.407 e. The molecule has 0 bridgehead atoms. The summed E-state index contributed by atoms with van der Waals surface area (Å²) in [6.45, 7) is 4.49. The van der Waals surface area contributed by atoms with Gasteiger partial charge in [0.15, 0.2) is 6.23 Å². The summed E-state index contributed by atoms with van der Waals surface area (Å²) in [4.78, 5) is 50.7. The Morgan fingerprint density at radius 2 is 1.63 bits per heavy atom. The average molecular weight is 720 g/mol. The molecule has 264 valence electrons. The molecule has 0 spiro atoms. The number of aliphatic hydroxyl groups excluding tert-OH is 1. The van der Waals surface area contributed by atoms with Crippen LogP contribution in [0, 0.1) is 0 Å². The molecule has 0 aromatic carbocycles. The molecule has 4 fully saturated rings. The Hall–Kier alpha value is -3.99. The second-order valence-corrected chi connectivity index (χ2v) is 13.2. The third kappa shape index (κ3) is 8.60. The number of alkyl carbamates (subject to hydrolysis) is 1. The Kier molecular flexibility index (Phi) is 11.5. The van der Waals surface area contributed by atoms with E-state index in [1.807, 2.05) is 9.80 Å². The topological polar surface area (TPSA) is 184 Å². The van der Waals surface area contributed by atoms with E-state index in [4.69, 9.17) is 32.7 Å². The number of piperidine rings is 1. The number of ether oxygens (including phenoxy) is 2. The molecule has 1 amide bonds. The number of aromatic nitrogens is 6. The van der Waals surface area contributed by atoms with Crippen molar-refractivity contribution < 1.29 is 19.4 Å². The average Bonchev–Trinajstić information content (AvgIpc) is 3.77. The lowest BCUT2D eigenvalue weighted by Gasteiger charge is -2.32. The first kappa shape index (κ1) is 34.9. The van der Waals surface area contributed by atoms with Gasteiger partial charge in [0, 0.05) is 64.2 Å². The molecule has 4 aliphatic rings. The molecule has 49 heavy (non-hydrogen) atoms. The van der Waals surface area contributed by atoms with Crippen molar-refractivity contribution in [3.63, 3.8) is 0 Å². The number of anilines is 3. The normalized spacial score (nSPS) is 22.8. The van der Waals surface area contributed by atoms with Crippen LogP contribution in [0.5, 0.6) is 0 Å². The molecule has 0 aliphatic carbocycles. The first-order valence-electron chi connectivity index (χ1n) is 16.6. The van der Waals surface area contributed by atoms with Crippen LogP contribution in [0.2, 0.25) is 10.0 Å². The van der Waals surface area contributed by atoms with Gasteiger partial charge in [0.25, 0.3) is 11.1 Å². The van der Waals surface area contributed by atoms with Crippen molar-refractivity contribution in [2.24, 2.45) is 0 Å². The van der Waals surface area contributed by atoms with Gasteiger partial charge in [0.1, 0.15) is 16.1 Å². The summed E-state index contributed by atoms with van der Waals surface area (Å²) in [7, 11) is 0. The third-order valence-electron chi connectivity index (χ3n) is 9.05. The van der Waals surface area contributed by atoms with Crippen molar-refractivity contribution in [3.8, 4) is 0 Å². The molecular weight excluding hydrogens is 679 g/mol. The molecule has 1 unspecified atom stereocenters.